The van der Waals surface area contributed by atoms with Gasteiger partial charge >= 0.3 is 0 Å². The van der Waals surface area contributed by atoms with Crippen molar-refractivity contribution in [3.8, 4) is 22.8 Å². The van der Waals surface area contributed by atoms with Crippen LogP contribution in [0, 0.1) is 0 Å². The molecule has 0 radical (unpaired) electrons. The van der Waals surface area contributed by atoms with Crippen LogP contribution in [0.15, 0.2) is 48.7 Å². The number of nitrogen functional groups attached to an aromatic ring is 1. The highest BCUT2D eigenvalue weighted by molar-refractivity contribution is 5.74. The largest absolute Gasteiger partial charge is 0.506 e. The van der Waals surface area contributed by atoms with Gasteiger partial charge in [0.1, 0.15) is 17.3 Å². The van der Waals surface area contributed by atoms with E-state index in [1.54, 1.807) is 13.2 Å². The molecule has 2 aliphatic rings. The second-order valence-corrected chi connectivity index (χ2v) is 8.12. The van der Waals surface area contributed by atoms with E-state index in [1.165, 1.54) is 6.20 Å². The van der Waals surface area contributed by atoms with E-state index >= 15 is 0 Å². The monoisotopic (exact) mass is 434 g/mol. The molecule has 9 heteroatoms. The van der Waals surface area contributed by atoms with Crippen LogP contribution in [0.3, 0.4) is 0 Å². The summed E-state index contributed by atoms with van der Waals surface area (Å²) in [5.74, 6) is 2.18. The Bertz CT molecular complexity index is 1080. The van der Waals surface area contributed by atoms with Crippen LogP contribution in [0.4, 0.5) is 17.3 Å². The molecule has 2 saturated heterocycles. The normalized spacial score (nSPS) is 19.9. The van der Waals surface area contributed by atoms with Crippen LogP contribution in [0.1, 0.15) is 12.8 Å². The van der Waals surface area contributed by atoms with Crippen LogP contribution in [-0.2, 0) is 4.74 Å². The summed E-state index contributed by atoms with van der Waals surface area (Å²) in [7, 11) is 1.59. The van der Waals surface area contributed by atoms with Crippen LogP contribution in [-0.4, -0.2) is 59.4 Å². The fourth-order valence-corrected chi connectivity index (χ4v) is 4.71. The molecular weight excluding hydrogens is 408 g/mol. The highest BCUT2D eigenvalue weighted by atomic mass is 16.7. The van der Waals surface area contributed by atoms with E-state index in [2.05, 4.69) is 25.0 Å². The van der Waals surface area contributed by atoms with Gasteiger partial charge in [0.15, 0.2) is 12.6 Å². The van der Waals surface area contributed by atoms with Crippen molar-refractivity contribution in [3.05, 3.63) is 48.7 Å². The SMILES string of the molecule is COCOc1ccccc1-c1cc(N2CC3CCC(C2)N3c2ccc(O)cn2)c(N)nn1. The number of ether oxygens (including phenoxy) is 2. The lowest BCUT2D eigenvalue weighted by Crippen LogP contribution is -2.54. The van der Waals surface area contributed by atoms with E-state index in [0.29, 0.717) is 29.3 Å². The number of piperazine rings is 1. The molecule has 2 unspecified atom stereocenters. The molecule has 1 aromatic carbocycles. The second-order valence-electron chi connectivity index (χ2n) is 8.12. The van der Waals surface area contributed by atoms with Crippen molar-refractivity contribution in [2.45, 2.75) is 24.9 Å². The minimum atomic E-state index is 0.156. The van der Waals surface area contributed by atoms with Crippen LogP contribution >= 0.6 is 0 Å². The number of aromatic hydroxyl groups is 1. The summed E-state index contributed by atoms with van der Waals surface area (Å²) < 4.78 is 10.8. The lowest BCUT2D eigenvalue weighted by atomic mass is 10.1. The number of benzene rings is 1. The van der Waals surface area contributed by atoms with Crippen molar-refractivity contribution >= 4 is 17.3 Å². The fourth-order valence-electron chi connectivity index (χ4n) is 4.71. The number of hydrogen-bond donors (Lipinski definition) is 2. The third kappa shape index (κ3) is 3.75. The molecule has 2 fully saturated rings. The average molecular weight is 435 g/mol. The summed E-state index contributed by atoms with van der Waals surface area (Å²) in [5, 5.41) is 18.2. The molecule has 9 nitrogen and oxygen atoms in total. The number of aromatic nitrogens is 3. The molecule has 166 valence electrons. The molecule has 0 spiro atoms. The molecule has 2 atom stereocenters. The van der Waals surface area contributed by atoms with Gasteiger partial charge in [-0.05, 0) is 43.2 Å². The van der Waals surface area contributed by atoms with Crippen molar-refractivity contribution in [1.29, 1.82) is 0 Å². The van der Waals surface area contributed by atoms with Gasteiger partial charge in [0.2, 0.25) is 0 Å². The first-order chi connectivity index (χ1) is 15.6. The van der Waals surface area contributed by atoms with Crippen LogP contribution in [0.5, 0.6) is 11.5 Å². The molecule has 0 aliphatic carbocycles. The van der Waals surface area contributed by atoms with E-state index < -0.39 is 0 Å². The van der Waals surface area contributed by atoms with Crippen molar-refractivity contribution in [2.75, 3.05) is 42.5 Å². The number of para-hydroxylation sites is 1. The van der Waals surface area contributed by atoms with E-state index in [9.17, 15) is 5.11 Å². The quantitative estimate of drug-likeness (QED) is 0.566. The first-order valence-corrected chi connectivity index (χ1v) is 10.7. The standard InChI is InChI=1S/C23H26N6O3/c1-31-14-32-21-5-3-2-4-18(21)19-10-20(23(24)27-26-19)28-12-15-6-7-16(13-28)29(15)22-9-8-17(30)11-25-22/h2-5,8-11,15-16,30H,6-7,12-14H2,1H3,(H2,24,27). The van der Waals surface area contributed by atoms with Gasteiger partial charge in [-0.25, -0.2) is 4.98 Å². The number of hydrogen-bond acceptors (Lipinski definition) is 9. The Kier molecular flexibility index (Phi) is 5.40. The Hall–Kier alpha value is -3.59. The maximum atomic E-state index is 9.58. The summed E-state index contributed by atoms with van der Waals surface area (Å²) in [5.41, 5.74) is 8.70. The zero-order valence-electron chi connectivity index (χ0n) is 17.9. The van der Waals surface area contributed by atoms with Gasteiger partial charge in [0.25, 0.3) is 0 Å². The van der Waals surface area contributed by atoms with Crippen LogP contribution in [0.2, 0.25) is 0 Å². The fraction of sp³-hybridized carbons (Fsp3) is 0.348. The molecule has 0 saturated carbocycles. The summed E-state index contributed by atoms with van der Waals surface area (Å²) in [6, 6.07) is 13.9. The van der Waals surface area contributed by atoms with Gasteiger partial charge in [0, 0.05) is 37.8 Å². The Morgan fingerprint density at radius 3 is 2.59 bits per heavy atom. The molecule has 4 heterocycles. The average Bonchev–Trinajstić information content (AvgIpc) is 3.08. The maximum Gasteiger partial charge on any atom is 0.188 e. The third-order valence-electron chi connectivity index (χ3n) is 6.12. The summed E-state index contributed by atoms with van der Waals surface area (Å²) >= 11 is 0. The van der Waals surface area contributed by atoms with Gasteiger partial charge in [-0.15, -0.1) is 10.2 Å². The maximum absolute atomic E-state index is 9.58. The van der Waals surface area contributed by atoms with Gasteiger partial charge in [-0.2, -0.15) is 0 Å². The number of rotatable bonds is 6. The number of pyridine rings is 1. The molecule has 0 amide bonds. The topological polar surface area (TPSA) is 110 Å². The Balaban J connectivity index is 1.42. The molecular formula is C23H26N6O3. The van der Waals surface area contributed by atoms with Crippen LogP contribution in [0.25, 0.3) is 11.3 Å². The summed E-state index contributed by atoms with van der Waals surface area (Å²) in [4.78, 5) is 9.10. The van der Waals surface area contributed by atoms with E-state index in [1.807, 2.05) is 36.4 Å². The second kappa shape index (κ2) is 8.51. The molecule has 3 aromatic rings. The van der Waals surface area contributed by atoms with Gasteiger partial charge in [-0.3, -0.25) is 0 Å². The highest BCUT2D eigenvalue weighted by Crippen LogP contribution is 2.38. The molecule has 5 rings (SSSR count). The van der Waals surface area contributed by atoms with Crippen molar-refractivity contribution < 1.29 is 14.6 Å². The molecule has 2 aliphatic heterocycles. The lowest BCUT2D eigenvalue weighted by Gasteiger charge is -2.43. The van der Waals surface area contributed by atoms with Crippen molar-refractivity contribution in [2.24, 2.45) is 0 Å². The minimum Gasteiger partial charge on any atom is -0.506 e. The zero-order valence-corrected chi connectivity index (χ0v) is 17.9. The summed E-state index contributed by atoms with van der Waals surface area (Å²) in [6.07, 6.45) is 3.67. The van der Waals surface area contributed by atoms with Gasteiger partial charge in [-0.1, -0.05) is 12.1 Å². The lowest BCUT2D eigenvalue weighted by molar-refractivity contribution is 0.0515. The Labute approximate surface area is 186 Å². The van der Waals surface area contributed by atoms with Gasteiger partial charge in [0.05, 0.1) is 17.6 Å². The van der Waals surface area contributed by atoms with Crippen LogP contribution < -0.4 is 20.3 Å². The number of nitrogens with two attached hydrogens (primary N) is 1. The molecule has 2 bridgehead atoms. The predicted octanol–water partition coefficient (Wildman–Crippen LogP) is 2.67. The number of nitrogens with zero attached hydrogens (tertiary/aromatic N) is 5. The predicted molar refractivity (Wildman–Crippen MR) is 122 cm³/mol. The van der Waals surface area contributed by atoms with E-state index in [-0.39, 0.29) is 12.5 Å². The van der Waals surface area contributed by atoms with Gasteiger partial charge < -0.3 is 30.1 Å². The van der Waals surface area contributed by atoms with E-state index in [4.69, 9.17) is 15.2 Å². The Morgan fingerprint density at radius 2 is 1.88 bits per heavy atom. The zero-order chi connectivity index (χ0) is 22.1. The first kappa shape index (κ1) is 20.3. The number of fused-ring (bicyclic) bond motifs is 2. The number of anilines is 3. The Morgan fingerprint density at radius 1 is 1.09 bits per heavy atom. The molecule has 32 heavy (non-hydrogen) atoms. The minimum absolute atomic E-state index is 0.156. The van der Waals surface area contributed by atoms with Crippen molar-refractivity contribution in [1.82, 2.24) is 15.2 Å². The van der Waals surface area contributed by atoms with E-state index in [0.717, 1.165) is 43.0 Å². The smallest absolute Gasteiger partial charge is 0.188 e. The molecule has 3 N–H and O–H groups in total. The van der Waals surface area contributed by atoms with Crippen molar-refractivity contribution in [3.63, 3.8) is 0 Å². The number of methoxy groups -OCH3 is 1. The first-order valence-electron chi connectivity index (χ1n) is 10.7. The molecule has 2 aromatic heterocycles. The summed E-state index contributed by atoms with van der Waals surface area (Å²) in [6.45, 7) is 1.79. The third-order valence-corrected chi connectivity index (χ3v) is 6.12. The highest BCUT2D eigenvalue weighted by Gasteiger charge is 2.41.